The average Bonchev–Trinajstić information content (AvgIpc) is 2.25. The van der Waals surface area contributed by atoms with E-state index in [9.17, 15) is 4.79 Å². The minimum atomic E-state index is -0.435. The molecule has 0 unspecified atom stereocenters. The van der Waals surface area contributed by atoms with Gasteiger partial charge in [0.15, 0.2) is 0 Å². The predicted molar refractivity (Wildman–Crippen MR) is 59.1 cm³/mol. The third kappa shape index (κ3) is 3.51. The molecule has 0 aromatic carbocycles. The molecule has 0 spiro atoms. The highest BCUT2D eigenvalue weighted by Gasteiger charge is 2.16. The van der Waals surface area contributed by atoms with E-state index in [-0.39, 0.29) is 5.91 Å². The highest BCUT2D eigenvalue weighted by atomic mass is 16.7. The topological polar surface area (TPSA) is 60.5 Å². The van der Waals surface area contributed by atoms with Crippen LogP contribution < -0.4 is 10.2 Å². The number of amides is 1. The quantitative estimate of drug-likeness (QED) is 0.791. The second-order valence-electron chi connectivity index (χ2n) is 4.22. The van der Waals surface area contributed by atoms with Crippen LogP contribution in [-0.4, -0.2) is 23.6 Å². The maximum Gasteiger partial charge on any atom is 0.278 e. The van der Waals surface area contributed by atoms with Crippen molar-refractivity contribution in [3.8, 4) is 5.75 Å². The number of hydrogen-bond acceptors (Lipinski definition) is 4. The Balaban J connectivity index is 2.73. The molecule has 5 nitrogen and oxygen atoms in total. The van der Waals surface area contributed by atoms with E-state index in [4.69, 9.17) is 9.57 Å². The molecule has 1 heterocycles. The van der Waals surface area contributed by atoms with Gasteiger partial charge in [0.2, 0.25) is 0 Å². The molecule has 0 radical (unpaired) electrons. The molecule has 1 aromatic rings. The van der Waals surface area contributed by atoms with Gasteiger partial charge in [0.1, 0.15) is 5.75 Å². The summed E-state index contributed by atoms with van der Waals surface area (Å²) >= 11 is 0. The van der Waals surface area contributed by atoms with Crippen LogP contribution in [0.1, 0.15) is 31.1 Å². The SMILES string of the molecule is COc1cnccc1C(=O)NOC(C)(C)C. The third-order valence-electron chi connectivity index (χ3n) is 1.70. The summed E-state index contributed by atoms with van der Waals surface area (Å²) in [6, 6.07) is 1.57. The van der Waals surface area contributed by atoms with Gasteiger partial charge in [0.25, 0.3) is 5.91 Å². The second-order valence-corrected chi connectivity index (χ2v) is 4.22. The number of nitrogens with one attached hydrogen (secondary N) is 1. The minimum Gasteiger partial charge on any atom is -0.494 e. The lowest BCUT2D eigenvalue weighted by atomic mass is 10.2. The van der Waals surface area contributed by atoms with Gasteiger partial charge in [-0.3, -0.25) is 14.6 Å². The number of methoxy groups -OCH3 is 1. The molecule has 0 saturated carbocycles. The van der Waals surface area contributed by atoms with Crippen molar-refractivity contribution in [3.05, 3.63) is 24.0 Å². The van der Waals surface area contributed by atoms with Crippen LogP contribution in [-0.2, 0) is 4.84 Å². The smallest absolute Gasteiger partial charge is 0.278 e. The molecule has 0 aliphatic rings. The molecule has 0 aliphatic heterocycles. The van der Waals surface area contributed by atoms with Gasteiger partial charge in [-0.2, -0.15) is 0 Å². The Bertz CT molecular complexity index is 372. The van der Waals surface area contributed by atoms with Crippen LogP contribution in [0.25, 0.3) is 0 Å². The number of aromatic nitrogens is 1. The number of carbonyl (C=O) groups is 1. The highest BCUT2D eigenvalue weighted by molar-refractivity contribution is 5.96. The van der Waals surface area contributed by atoms with Crippen molar-refractivity contribution in [3.63, 3.8) is 0 Å². The van der Waals surface area contributed by atoms with Gasteiger partial charge in [-0.15, -0.1) is 0 Å². The normalized spacial score (nSPS) is 11.0. The van der Waals surface area contributed by atoms with Gasteiger partial charge >= 0.3 is 0 Å². The van der Waals surface area contributed by atoms with Crippen molar-refractivity contribution < 1.29 is 14.4 Å². The van der Waals surface area contributed by atoms with E-state index in [1.807, 2.05) is 20.8 Å². The van der Waals surface area contributed by atoms with E-state index in [2.05, 4.69) is 10.5 Å². The zero-order valence-corrected chi connectivity index (χ0v) is 9.90. The van der Waals surface area contributed by atoms with Crippen LogP contribution in [0, 0.1) is 0 Å². The summed E-state index contributed by atoms with van der Waals surface area (Å²) in [6.07, 6.45) is 3.00. The van der Waals surface area contributed by atoms with Crippen LogP contribution >= 0.6 is 0 Å². The fraction of sp³-hybridized carbons (Fsp3) is 0.455. The molecule has 0 bridgehead atoms. The second kappa shape index (κ2) is 4.94. The van der Waals surface area contributed by atoms with Crippen LogP contribution in [0.15, 0.2) is 18.5 Å². The van der Waals surface area contributed by atoms with Gasteiger partial charge < -0.3 is 4.74 Å². The molecule has 0 atom stereocenters. The van der Waals surface area contributed by atoms with Crippen LogP contribution in [0.4, 0.5) is 0 Å². The molecule has 0 aliphatic carbocycles. The van der Waals surface area contributed by atoms with Gasteiger partial charge in [0, 0.05) is 6.20 Å². The largest absolute Gasteiger partial charge is 0.494 e. The number of nitrogens with zero attached hydrogens (tertiary/aromatic N) is 1. The summed E-state index contributed by atoms with van der Waals surface area (Å²) in [4.78, 5) is 20.8. The van der Waals surface area contributed by atoms with Crippen molar-refractivity contribution in [2.24, 2.45) is 0 Å². The first-order chi connectivity index (χ1) is 7.44. The Hall–Kier alpha value is -1.62. The molecule has 0 fully saturated rings. The minimum absolute atomic E-state index is 0.353. The van der Waals surface area contributed by atoms with Crippen molar-refractivity contribution in [2.45, 2.75) is 26.4 Å². The fourth-order valence-electron chi connectivity index (χ4n) is 0.985. The Labute approximate surface area is 94.7 Å². The summed E-state index contributed by atoms with van der Waals surface area (Å²) in [5.41, 5.74) is 2.32. The van der Waals surface area contributed by atoms with Crippen LogP contribution in [0.2, 0.25) is 0 Å². The molecular formula is C11H16N2O3. The molecule has 1 N–H and O–H groups in total. The van der Waals surface area contributed by atoms with E-state index in [0.717, 1.165) is 0 Å². The summed E-state index contributed by atoms with van der Waals surface area (Å²) in [6.45, 7) is 5.53. The summed E-state index contributed by atoms with van der Waals surface area (Å²) in [5.74, 6) is 0.0617. The summed E-state index contributed by atoms with van der Waals surface area (Å²) in [5, 5.41) is 0. The number of hydrogen-bond donors (Lipinski definition) is 1. The van der Waals surface area contributed by atoms with Gasteiger partial charge in [-0.25, -0.2) is 5.48 Å². The first-order valence-electron chi connectivity index (χ1n) is 4.90. The lowest BCUT2D eigenvalue weighted by molar-refractivity contribution is -0.0590. The number of hydroxylamine groups is 1. The van der Waals surface area contributed by atoms with Crippen LogP contribution in [0.3, 0.4) is 0 Å². The van der Waals surface area contributed by atoms with Gasteiger partial charge in [-0.1, -0.05) is 0 Å². The molecule has 5 heteroatoms. The highest BCUT2D eigenvalue weighted by Crippen LogP contribution is 2.15. The lowest BCUT2D eigenvalue weighted by Gasteiger charge is -2.19. The maximum atomic E-state index is 11.7. The van der Waals surface area contributed by atoms with Crippen molar-refractivity contribution >= 4 is 5.91 Å². The molecular weight excluding hydrogens is 208 g/mol. The Kier molecular flexibility index (Phi) is 3.84. The first-order valence-corrected chi connectivity index (χ1v) is 4.90. The van der Waals surface area contributed by atoms with Crippen molar-refractivity contribution in [2.75, 3.05) is 7.11 Å². The lowest BCUT2D eigenvalue weighted by Crippen LogP contribution is -2.33. The third-order valence-corrected chi connectivity index (χ3v) is 1.70. The van der Waals surface area contributed by atoms with Crippen molar-refractivity contribution in [1.82, 2.24) is 10.5 Å². The average molecular weight is 224 g/mol. The Morgan fingerprint density at radius 3 is 2.69 bits per heavy atom. The first kappa shape index (κ1) is 12.4. The van der Waals surface area contributed by atoms with E-state index < -0.39 is 5.60 Å². The van der Waals surface area contributed by atoms with E-state index in [0.29, 0.717) is 11.3 Å². The molecule has 1 aromatic heterocycles. The number of pyridine rings is 1. The number of ether oxygens (including phenoxy) is 1. The molecule has 0 saturated heterocycles. The maximum absolute atomic E-state index is 11.7. The van der Waals surface area contributed by atoms with Gasteiger partial charge in [-0.05, 0) is 26.8 Å². The van der Waals surface area contributed by atoms with Crippen LogP contribution in [0.5, 0.6) is 5.75 Å². The summed E-state index contributed by atoms with van der Waals surface area (Å²) in [7, 11) is 1.48. The number of carbonyl (C=O) groups excluding carboxylic acids is 1. The predicted octanol–water partition coefficient (Wildman–Crippen LogP) is 1.55. The van der Waals surface area contributed by atoms with Crippen molar-refractivity contribution in [1.29, 1.82) is 0 Å². The van der Waals surface area contributed by atoms with Gasteiger partial charge in [0.05, 0.1) is 24.5 Å². The molecule has 88 valence electrons. The molecule has 1 rings (SSSR count). The van der Waals surface area contributed by atoms with E-state index in [1.165, 1.54) is 19.5 Å². The standard InChI is InChI=1S/C11H16N2O3/c1-11(2,3)16-13-10(14)8-5-6-12-7-9(8)15-4/h5-7H,1-4H3,(H,13,14). The summed E-state index contributed by atoms with van der Waals surface area (Å²) < 4.78 is 5.02. The van der Waals surface area contributed by atoms with E-state index >= 15 is 0 Å². The monoisotopic (exact) mass is 224 g/mol. The fourth-order valence-corrected chi connectivity index (χ4v) is 0.985. The molecule has 1 amide bonds. The van der Waals surface area contributed by atoms with E-state index in [1.54, 1.807) is 6.07 Å². The molecule has 16 heavy (non-hydrogen) atoms. The zero-order chi connectivity index (χ0) is 12.2. The zero-order valence-electron chi connectivity index (χ0n) is 9.90. The number of rotatable bonds is 3. The Morgan fingerprint density at radius 2 is 2.12 bits per heavy atom. The Morgan fingerprint density at radius 1 is 1.44 bits per heavy atom.